The second-order valence-corrected chi connectivity index (χ2v) is 6.67. The van der Waals surface area contributed by atoms with Crippen molar-refractivity contribution in [3.05, 3.63) is 109 Å². The third-order valence-electron chi connectivity index (χ3n) is 5.05. The van der Waals surface area contributed by atoms with Crippen molar-refractivity contribution in [1.29, 1.82) is 0 Å². The Kier molecular flexibility index (Phi) is 3.54. The van der Waals surface area contributed by atoms with Crippen LogP contribution in [0.15, 0.2) is 109 Å². The van der Waals surface area contributed by atoms with Crippen LogP contribution in [0.1, 0.15) is 0 Å². The van der Waals surface area contributed by atoms with Gasteiger partial charge in [-0.1, -0.05) is 97.1 Å². The Morgan fingerprint density at radius 1 is 0.346 bits per heavy atom. The van der Waals surface area contributed by atoms with Gasteiger partial charge in [-0.15, -0.1) is 0 Å². The number of fused-ring (bicyclic) bond motifs is 2. The molecule has 0 fully saturated rings. The van der Waals surface area contributed by atoms with Gasteiger partial charge in [-0.05, 0) is 55.9 Å². The number of rotatable bonds is 2. The van der Waals surface area contributed by atoms with Gasteiger partial charge in [-0.3, -0.25) is 0 Å². The normalized spacial score (nSPS) is 11.1. The fraction of sp³-hybridized carbons (Fsp3) is 0. The van der Waals surface area contributed by atoms with Gasteiger partial charge in [-0.25, -0.2) is 0 Å². The molecule has 0 nitrogen and oxygen atoms in total. The molecule has 0 unspecified atom stereocenters. The molecule has 5 aromatic carbocycles. The second-order valence-electron chi connectivity index (χ2n) is 6.67. The van der Waals surface area contributed by atoms with Crippen LogP contribution in [0.3, 0.4) is 0 Å². The predicted molar refractivity (Wildman–Crippen MR) is 112 cm³/mol. The summed E-state index contributed by atoms with van der Waals surface area (Å²) >= 11 is 0. The lowest BCUT2D eigenvalue weighted by molar-refractivity contribution is 1.61. The molecule has 0 atom stereocenters. The molecule has 0 heterocycles. The molecule has 0 saturated heterocycles. The summed E-state index contributed by atoms with van der Waals surface area (Å²) in [5.41, 5.74) is 5.04. The first kappa shape index (κ1) is 14.9. The van der Waals surface area contributed by atoms with Crippen LogP contribution in [0, 0.1) is 0 Å². The third-order valence-corrected chi connectivity index (χ3v) is 5.05. The van der Waals surface area contributed by atoms with Gasteiger partial charge in [0.2, 0.25) is 0 Å². The largest absolute Gasteiger partial charge is 0.0622 e. The second kappa shape index (κ2) is 6.16. The van der Waals surface area contributed by atoms with E-state index in [-0.39, 0.29) is 0 Å². The summed E-state index contributed by atoms with van der Waals surface area (Å²) in [6, 6.07) is 39.1. The monoisotopic (exact) mass is 330 g/mol. The van der Waals surface area contributed by atoms with Gasteiger partial charge in [0.25, 0.3) is 0 Å². The van der Waals surface area contributed by atoms with E-state index in [4.69, 9.17) is 0 Å². The first-order valence-corrected chi connectivity index (χ1v) is 8.96. The topological polar surface area (TPSA) is 0 Å². The first-order valence-electron chi connectivity index (χ1n) is 8.96. The SMILES string of the molecule is c1ccc(-c2ccc(-c3cccc4cc5ccccc5cc34)cc2)cc1. The highest BCUT2D eigenvalue weighted by Gasteiger charge is 2.06. The Bertz CT molecular complexity index is 1200. The maximum atomic E-state index is 2.31. The first-order chi connectivity index (χ1) is 12.9. The fourth-order valence-electron chi connectivity index (χ4n) is 3.69. The minimum atomic E-state index is 1.25. The number of hydrogen-bond donors (Lipinski definition) is 0. The number of benzene rings is 5. The molecule has 0 radical (unpaired) electrons. The molecular weight excluding hydrogens is 312 g/mol. The van der Waals surface area contributed by atoms with Gasteiger partial charge in [0, 0.05) is 0 Å². The molecule has 0 aliphatic rings. The summed E-state index contributed by atoms with van der Waals surface area (Å²) in [7, 11) is 0. The Hall–Kier alpha value is -3.38. The Morgan fingerprint density at radius 3 is 1.69 bits per heavy atom. The van der Waals surface area contributed by atoms with Crippen molar-refractivity contribution < 1.29 is 0 Å². The third kappa shape index (κ3) is 2.57. The van der Waals surface area contributed by atoms with Crippen molar-refractivity contribution >= 4 is 21.5 Å². The summed E-state index contributed by atoms with van der Waals surface area (Å²) in [6.45, 7) is 0. The molecule has 0 heteroatoms. The fourth-order valence-corrected chi connectivity index (χ4v) is 3.69. The smallest absolute Gasteiger partial charge is 0.00990 e. The van der Waals surface area contributed by atoms with E-state index < -0.39 is 0 Å². The summed E-state index contributed by atoms with van der Waals surface area (Å²) in [5, 5.41) is 5.16. The van der Waals surface area contributed by atoms with Crippen molar-refractivity contribution in [1.82, 2.24) is 0 Å². The van der Waals surface area contributed by atoms with Crippen molar-refractivity contribution in [2.75, 3.05) is 0 Å². The predicted octanol–water partition coefficient (Wildman–Crippen LogP) is 7.33. The van der Waals surface area contributed by atoms with Gasteiger partial charge >= 0.3 is 0 Å². The van der Waals surface area contributed by atoms with Gasteiger partial charge in [0.1, 0.15) is 0 Å². The van der Waals surface area contributed by atoms with E-state index in [1.807, 2.05) is 0 Å². The zero-order valence-electron chi connectivity index (χ0n) is 14.4. The van der Waals surface area contributed by atoms with Gasteiger partial charge in [0.05, 0.1) is 0 Å². The van der Waals surface area contributed by atoms with Crippen LogP contribution in [-0.2, 0) is 0 Å². The summed E-state index contributed by atoms with van der Waals surface area (Å²) < 4.78 is 0. The molecule has 0 aromatic heterocycles. The molecule has 0 spiro atoms. The van der Waals surface area contributed by atoms with Crippen LogP contribution in [-0.4, -0.2) is 0 Å². The molecule has 122 valence electrons. The molecule has 0 amide bonds. The van der Waals surface area contributed by atoms with Crippen molar-refractivity contribution in [2.24, 2.45) is 0 Å². The number of hydrogen-bond acceptors (Lipinski definition) is 0. The lowest BCUT2D eigenvalue weighted by Gasteiger charge is -2.10. The van der Waals surface area contributed by atoms with Gasteiger partial charge < -0.3 is 0 Å². The van der Waals surface area contributed by atoms with Crippen molar-refractivity contribution in [3.8, 4) is 22.3 Å². The lowest BCUT2D eigenvalue weighted by atomic mass is 9.94. The minimum absolute atomic E-state index is 1.25. The van der Waals surface area contributed by atoms with E-state index in [0.717, 1.165) is 0 Å². The molecule has 0 aliphatic carbocycles. The van der Waals surface area contributed by atoms with Crippen LogP contribution in [0.5, 0.6) is 0 Å². The minimum Gasteiger partial charge on any atom is -0.0622 e. The van der Waals surface area contributed by atoms with Crippen molar-refractivity contribution in [2.45, 2.75) is 0 Å². The summed E-state index contributed by atoms with van der Waals surface area (Å²) in [4.78, 5) is 0. The Balaban J connectivity index is 1.65. The molecule has 0 saturated carbocycles. The van der Waals surface area contributed by atoms with Gasteiger partial charge in [-0.2, -0.15) is 0 Å². The highest BCUT2D eigenvalue weighted by atomic mass is 14.1. The molecule has 0 aliphatic heterocycles. The quantitative estimate of drug-likeness (QED) is 0.297. The van der Waals surface area contributed by atoms with Gasteiger partial charge in [0.15, 0.2) is 0 Å². The highest BCUT2D eigenvalue weighted by molar-refractivity contribution is 6.05. The average Bonchev–Trinajstić information content (AvgIpc) is 2.72. The maximum absolute atomic E-state index is 2.31. The van der Waals surface area contributed by atoms with E-state index in [1.54, 1.807) is 0 Å². The van der Waals surface area contributed by atoms with Crippen LogP contribution in [0.4, 0.5) is 0 Å². The standard InChI is InChI=1S/C26H18/c1-2-7-19(8-3-1)20-13-15-21(16-14-20)25-12-6-11-24-17-22-9-4-5-10-23(22)18-26(24)25/h1-18H. The maximum Gasteiger partial charge on any atom is -0.00990 e. The van der Waals surface area contributed by atoms with Crippen molar-refractivity contribution in [3.63, 3.8) is 0 Å². The molecule has 5 aromatic rings. The molecule has 5 rings (SSSR count). The molecule has 0 bridgehead atoms. The van der Waals surface area contributed by atoms with E-state index in [1.165, 1.54) is 43.8 Å². The highest BCUT2D eigenvalue weighted by Crippen LogP contribution is 2.33. The van der Waals surface area contributed by atoms with E-state index >= 15 is 0 Å². The lowest BCUT2D eigenvalue weighted by Crippen LogP contribution is -1.84. The van der Waals surface area contributed by atoms with Crippen LogP contribution in [0.2, 0.25) is 0 Å². The van der Waals surface area contributed by atoms with E-state index in [0.29, 0.717) is 0 Å². The molecule has 26 heavy (non-hydrogen) atoms. The Labute approximate surface area is 153 Å². The van der Waals surface area contributed by atoms with Crippen LogP contribution < -0.4 is 0 Å². The molecular formula is C26H18. The van der Waals surface area contributed by atoms with E-state index in [9.17, 15) is 0 Å². The molecule has 0 N–H and O–H groups in total. The Morgan fingerprint density at radius 2 is 0.923 bits per heavy atom. The zero-order chi connectivity index (χ0) is 17.3. The summed E-state index contributed by atoms with van der Waals surface area (Å²) in [6.07, 6.45) is 0. The van der Waals surface area contributed by atoms with Crippen LogP contribution >= 0.6 is 0 Å². The average molecular weight is 330 g/mol. The van der Waals surface area contributed by atoms with Crippen LogP contribution in [0.25, 0.3) is 43.8 Å². The zero-order valence-corrected chi connectivity index (χ0v) is 14.4. The van der Waals surface area contributed by atoms with E-state index in [2.05, 4.69) is 109 Å². The summed E-state index contributed by atoms with van der Waals surface area (Å²) in [5.74, 6) is 0.